The van der Waals surface area contributed by atoms with Gasteiger partial charge < -0.3 is 5.32 Å². The Labute approximate surface area is 117 Å². The lowest BCUT2D eigenvalue weighted by atomic mass is 10.0. The van der Waals surface area contributed by atoms with Gasteiger partial charge in [0, 0.05) is 29.8 Å². The molecular formula is C17H15N3. The third-order valence-corrected chi connectivity index (χ3v) is 3.35. The van der Waals surface area contributed by atoms with Gasteiger partial charge in [0.2, 0.25) is 0 Å². The predicted molar refractivity (Wildman–Crippen MR) is 83.1 cm³/mol. The fourth-order valence-electron chi connectivity index (χ4n) is 2.20. The van der Waals surface area contributed by atoms with Gasteiger partial charge in [-0.2, -0.15) is 0 Å². The minimum atomic E-state index is 0.424. The van der Waals surface area contributed by atoms with E-state index in [1.54, 1.807) is 7.05 Å². The molecule has 0 amide bonds. The molecule has 1 aromatic heterocycles. The fraction of sp³-hybridized carbons (Fsp3) is 0.0588. The Morgan fingerprint density at radius 1 is 1.00 bits per heavy atom. The van der Waals surface area contributed by atoms with Gasteiger partial charge >= 0.3 is 0 Å². The zero-order valence-corrected chi connectivity index (χ0v) is 11.2. The van der Waals surface area contributed by atoms with E-state index >= 15 is 0 Å². The Hall–Kier alpha value is -2.68. The van der Waals surface area contributed by atoms with Gasteiger partial charge in [-0.25, -0.2) is 0 Å². The summed E-state index contributed by atoms with van der Waals surface area (Å²) in [7, 11) is 1.75. The number of hydrogen-bond donors (Lipinski definition) is 2. The summed E-state index contributed by atoms with van der Waals surface area (Å²) in [5.74, 6) is 0.424. The summed E-state index contributed by atoms with van der Waals surface area (Å²) in [6, 6.07) is 18.2. The van der Waals surface area contributed by atoms with Crippen LogP contribution in [0.4, 0.5) is 0 Å². The largest absolute Gasteiger partial charge is 0.373 e. The van der Waals surface area contributed by atoms with E-state index in [0.717, 1.165) is 27.6 Å². The van der Waals surface area contributed by atoms with Gasteiger partial charge in [0.1, 0.15) is 5.84 Å². The van der Waals surface area contributed by atoms with Crippen LogP contribution < -0.4 is 5.32 Å². The molecule has 0 unspecified atom stereocenters. The Bertz CT molecular complexity index is 761. The highest BCUT2D eigenvalue weighted by molar-refractivity contribution is 5.96. The van der Waals surface area contributed by atoms with Crippen molar-refractivity contribution < 1.29 is 0 Å². The van der Waals surface area contributed by atoms with Crippen LogP contribution in [0.15, 0.2) is 60.8 Å². The monoisotopic (exact) mass is 261 g/mol. The molecule has 3 heteroatoms. The quantitative estimate of drug-likeness (QED) is 0.548. The summed E-state index contributed by atoms with van der Waals surface area (Å²) in [5.41, 5.74) is 4.08. The van der Waals surface area contributed by atoms with Gasteiger partial charge in [-0.15, -0.1) is 0 Å². The minimum Gasteiger partial charge on any atom is -0.373 e. The number of amidine groups is 1. The maximum absolute atomic E-state index is 7.74. The number of benzene rings is 2. The highest BCUT2D eigenvalue weighted by Crippen LogP contribution is 2.22. The van der Waals surface area contributed by atoms with Crippen LogP contribution in [-0.2, 0) is 0 Å². The van der Waals surface area contributed by atoms with Gasteiger partial charge in [0.25, 0.3) is 0 Å². The zero-order valence-electron chi connectivity index (χ0n) is 11.2. The van der Waals surface area contributed by atoms with Crippen molar-refractivity contribution in [1.82, 2.24) is 10.3 Å². The molecule has 0 aliphatic carbocycles. The maximum atomic E-state index is 7.74. The molecule has 3 rings (SSSR count). The van der Waals surface area contributed by atoms with Crippen molar-refractivity contribution in [2.75, 3.05) is 7.05 Å². The molecule has 2 N–H and O–H groups in total. The van der Waals surface area contributed by atoms with E-state index in [1.807, 2.05) is 48.7 Å². The summed E-state index contributed by atoms with van der Waals surface area (Å²) in [6.45, 7) is 0. The molecule has 20 heavy (non-hydrogen) atoms. The first kappa shape index (κ1) is 12.4. The van der Waals surface area contributed by atoms with Gasteiger partial charge in [-0.05, 0) is 17.7 Å². The van der Waals surface area contributed by atoms with Crippen molar-refractivity contribution in [3.05, 3.63) is 66.4 Å². The van der Waals surface area contributed by atoms with Gasteiger partial charge in [-0.1, -0.05) is 42.5 Å². The first-order valence-electron chi connectivity index (χ1n) is 6.50. The second kappa shape index (κ2) is 5.13. The van der Waals surface area contributed by atoms with E-state index in [9.17, 15) is 0 Å². The summed E-state index contributed by atoms with van der Waals surface area (Å²) in [6.07, 6.45) is 1.89. The summed E-state index contributed by atoms with van der Waals surface area (Å²) in [5, 5.41) is 11.7. The molecule has 0 saturated heterocycles. The molecule has 0 aliphatic heterocycles. The first-order valence-corrected chi connectivity index (χ1v) is 6.50. The topological polar surface area (TPSA) is 48.8 Å². The molecule has 0 bridgehead atoms. The van der Waals surface area contributed by atoms with Crippen molar-refractivity contribution in [2.24, 2.45) is 0 Å². The Kier molecular flexibility index (Phi) is 3.17. The van der Waals surface area contributed by atoms with Crippen LogP contribution in [-0.4, -0.2) is 17.9 Å². The number of aromatic nitrogens is 1. The predicted octanol–water partition coefficient (Wildman–Crippen LogP) is 3.45. The van der Waals surface area contributed by atoms with Crippen LogP contribution in [0.25, 0.3) is 22.0 Å². The van der Waals surface area contributed by atoms with Crippen molar-refractivity contribution in [2.45, 2.75) is 0 Å². The summed E-state index contributed by atoms with van der Waals surface area (Å²) < 4.78 is 0. The molecule has 0 radical (unpaired) electrons. The van der Waals surface area contributed by atoms with Crippen LogP contribution >= 0.6 is 0 Å². The van der Waals surface area contributed by atoms with Gasteiger partial charge in [-0.3, -0.25) is 10.4 Å². The number of hydrogen-bond acceptors (Lipinski definition) is 2. The molecule has 0 atom stereocenters. The van der Waals surface area contributed by atoms with E-state index < -0.39 is 0 Å². The molecule has 0 spiro atoms. The zero-order chi connectivity index (χ0) is 13.9. The van der Waals surface area contributed by atoms with Crippen LogP contribution in [0.5, 0.6) is 0 Å². The number of para-hydroxylation sites is 1. The average Bonchev–Trinajstić information content (AvgIpc) is 2.54. The lowest BCUT2D eigenvalue weighted by Crippen LogP contribution is -2.17. The molecule has 1 heterocycles. The molecule has 98 valence electrons. The van der Waals surface area contributed by atoms with E-state index in [1.165, 1.54) is 0 Å². The molecule has 0 aliphatic rings. The third-order valence-electron chi connectivity index (χ3n) is 3.35. The number of pyridine rings is 1. The fourth-order valence-corrected chi connectivity index (χ4v) is 2.20. The second-order valence-corrected chi connectivity index (χ2v) is 4.62. The van der Waals surface area contributed by atoms with Crippen molar-refractivity contribution in [3.8, 4) is 11.1 Å². The standard InChI is InChI=1S/C17H15N3/c1-19-17(18)13-8-6-12(7-9-13)15-10-14-4-2-3-5-16(14)20-11-15/h2-11H,1H3,(H2,18,19). The Balaban J connectivity index is 2.00. The summed E-state index contributed by atoms with van der Waals surface area (Å²) >= 11 is 0. The molecule has 3 nitrogen and oxygen atoms in total. The highest BCUT2D eigenvalue weighted by Gasteiger charge is 2.02. The lowest BCUT2D eigenvalue weighted by molar-refractivity contribution is 1.14. The van der Waals surface area contributed by atoms with Gasteiger partial charge in [0.05, 0.1) is 5.52 Å². The molecule has 0 fully saturated rings. The lowest BCUT2D eigenvalue weighted by Gasteiger charge is -2.06. The number of rotatable bonds is 2. The third kappa shape index (κ3) is 2.26. The van der Waals surface area contributed by atoms with Crippen molar-refractivity contribution in [1.29, 1.82) is 5.41 Å². The van der Waals surface area contributed by atoms with Crippen LogP contribution in [0.3, 0.4) is 0 Å². The maximum Gasteiger partial charge on any atom is 0.125 e. The number of nitrogens with zero attached hydrogens (tertiary/aromatic N) is 1. The molecular weight excluding hydrogens is 246 g/mol. The molecule has 0 saturated carbocycles. The SMILES string of the molecule is CNC(=N)c1ccc(-c2cnc3ccccc3c2)cc1. The van der Waals surface area contributed by atoms with E-state index in [2.05, 4.69) is 22.4 Å². The average molecular weight is 261 g/mol. The highest BCUT2D eigenvalue weighted by atomic mass is 14.9. The summed E-state index contributed by atoms with van der Waals surface area (Å²) in [4.78, 5) is 4.48. The van der Waals surface area contributed by atoms with Crippen LogP contribution in [0.1, 0.15) is 5.56 Å². The van der Waals surface area contributed by atoms with E-state index in [-0.39, 0.29) is 0 Å². The van der Waals surface area contributed by atoms with Crippen LogP contribution in [0.2, 0.25) is 0 Å². The number of fused-ring (bicyclic) bond motifs is 1. The second-order valence-electron chi connectivity index (χ2n) is 4.62. The normalized spacial score (nSPS) is 10.4. The molecule has 2 aromatic carbocycles. The molecule has 3 aromatic rings. The minimum absolute atomic E-state index is 0.424. The van der Waals surface area contributed by atoms with Gasteiger partial charge in [0.15, 0.2) is 0 Å². The van der Waals surface area contributed by atoms with E-state index in [4.69, 9.17) is 5.41 Å². The van der Waals surface area contributed by atoms with E-state index in [0.29, 0.717) is 5.84 Å². The first-order chi connectivity index (χ1) is 9.78. The Morgan fingerprint density at radius 3 is 2.50 bits per heavy atom. The smallest absolute Gasteiger partial charge is 0.125 e. The van der Waals surface area contributed by atoms with Crippen molar-refractivity contribution in [3.63, 3.8) is 0 Å². The van der Waals surface area contributed by atoms with Crippen LogP contribution in [0, 0.1) is 5.41 Å². The van der Waals surface area contributed by atoms with Crippen molar-refractivity contribution >= 4 is 16.7 Å². The Morgan fingerprint density at radius 2 is 1.75 bits per heavy atom. The number of nitrogens with one attached hydrogen (secondary N) is 2.